The lowest BCUT2D eigenvalue weighted by Crippen LogP contribution is -2.26. The molecule has 0 unspecified atom stereocenters. The van der Waals surface area contributed by atoms with Gasteiger partial charge in [0.25, 0.3) is 0 Å². The van der Waals surface area contributed by atoms with Crippen LogP contribution >= 0.6 is 11.3 Å². The Labute approximate surface area is 110 Å². The summed E-state index contributed by atoms with van der Waals surface area (Å²) >= 11 is 1.62. The van der Waals surface area contributed by atoms with Crippen LogP contribution in [0.5, 0.6) is 0 Å². The van der Waals surface area contributed by atoms with E-state index in [1.165, 1.54) is 0 Å². The molecule has 0 aromatic carbocycles. The summed E-state index contributed by atoms with van der Waals surface area (Å²) in [5, 5.41) is 12.1. The number of aryl methyl sites for hydroxylation is 1. The lowest BCUT2D eigenvalue weighted by atomic mass is 10.3. The van der Waals surface area contributed by atoms with Crippen LogP contribution in [0.4, 0.5) is 0 Å². The summed E-state index contributed by atoms with van der Waals surface area (Å²) < 4.78 is 0. The maximum absolute atomic E-state index is 9.09. The normalized spacial score (nSPS) is 11.1. The van der Waals surface area contributed by atoms with Gasteiger partial charge in [0.2, 0.25) is 0 Å². The van der Waals surface area contributed by atoms with Crippen molar-refractivity contribution in [3.63, 3.8) is 0 Å². The standard InChI is InChI=1S/C12H16N4OS/c1-10-6-15-11(7-14-10)8-16(3-4-17)9-12-13-2-5-18-12/h2,5-7,17H,3-4,8-9H2,1H3. The van der Waals surface area contributed by atoms with Gasteiger partial charge in [-0.2, -0.15) is 0 Å². The molecule has 1 N–H and O–H groups in total. The van der Waals surface area contributed by atoms with Crippen molar-refractivity contribution in [3.05, 3.63) is 40.4 Å². The second kappa shape index (κ2) is 6.53. The summed E-state index contributed by atoms with van der Waals surface area (Å²) in [7, 11) is 0. The van der Waals surface area contributed by atoms with Crippen molar-refractivity contribution in [3.8, 4) is 0 Å². The molecule has 0 amide bonds. The Morgan fingerprint density at radius 1 is 1.22 bits per heavy atom. The zero-order valence-corrected chi connectivity index (χ0v) is 11.1. The van der Waals surface area contributed by atoms with E-state index in [9.17, 15) is 0 Å². The van der Waals surface area contributed by atoms with E-state index < -0.39 is 0 Å². The Morgan fingerprint density at radius 3 is 2.72 bits per heavy atom. The molecular weight excluding hydrogens is 248 g/mol. The van der Waals surface area contributed by atoms with E-state index in [1.807, 2.05) is 12.3 Å². The molecule has 2 rings (SSSR count). The lowest BCUT2D eigenvalue weighted by Gasteiger charge is -2.19. The van der Waals surface area contributed by atoms with Crippen LogP contribution in [-0.2, 0) is 13.1 Å². The first kappa shape index (κ1) is 13.1. The molecule has 0 saturated carbocycles. The van der Waals surface area contributed by atoms with E-state index >= 15 is 0 Å². The van der Waals surface area contributed by atoms with Crippen molar-refractivity contribution in [2.24, 2.45) is 0 Å². The highest BCUT2D eigenvalue weighted by Gasteiger charge is 2.09. The van der Waals surface area contributed by atoms with Crippen LogP contribution in [0.1, 0.15) is 16.4 Å². The van der Waals surface area contributed by atoms with Gasteiger partial charge in [-0.3, -0.25) is 14.9 Å². The van der Waals surface area contributed by atoms with Crippen molar-refractivity contribution in [1.29, 1.82) is 0 Å². The van der Waals surface area contributed by atoms with Crippen molar-refractivity contribution < 1.29 is 5.11 Å². The Morgan fingerprint density at radius 2 is 2.11 bits per heavy atom. The maximum atomic E-state index is 9.09. The average Bonchev–Trinajstić information content (AvgIpc) is 2.85. The highest BCUT2D eigenvalue weighted by molar-refractivity contribution is 7.09. The highest BCUT2D eigenvalue weighted by atomic mass is 32.1. The molecule has 0 spiro atoms. The highest BCUT2D eigenvalue weighted by Crippen LogP contribution is 2.10. The first-order valence-corrected chi connectivity index (χ1v) is 6.65. The number of aliphatic hydroxyl groups excluding tert-OH is 1. The number of thiazole rings is 1. The summed E-state index contributed by atoms with van der Waals surface area (Å²) in [5.41, 5.74) is 1.82. The SMILES string of the molecule is Cc1cnc(CN(CCO)Cc2nccs2)cn1. The third-order valence-corrected chi connectivity index (χ3v) is 3.24. The first-order chi connectivity index (χ1) is 8.78. The molecule has 0 bridgehead atoms. The van der Waals surface area contributed by atoms with Crippen molar-refractivity contribution in [2.45, 2.75) is 20.0 Å². The molecule has 18 heavy (non-hydrogen) atoms. The van der Waals surface area contributed by atoms with Gasteiger partial charge in [0, 0.05) is 37.1 Å². The molecule has 2 aromatic rings. The summed E-state index contributed by atoms with van der Waals surface area (Å²) in [6.07, 6.45) is 5.33. The zero-order valence-electron chi connectivity index (χ0n) is 10.3. The van der Waals surface area contributed by atoms with Crippen LogP contribution in [0.25, 0.3) is 0 Å². The van der Waals surface area contributed by atoms with Gasteiger partial charge >= 0.3 is 0 Å². The van der Waals surface area contributed by atoms with E-state index in [0.717, 1.165) is 22.9 Å². The number of rotatable bonds is 6. The molecule has 2 heterocycles. The maximum Gasteiger partial charge on any atom is 0.107 e. The quantitative estimate of drug-likeness (QED) is 0.850. The summed E-state index contributed by atoms with van der Waals surface area (Å²) in [4.78, 5) is 14.9. The minimum absolute atomic E-state index is 0.130. The lowest BCUT2D eigenvalue weighted by molar-refractivity contribution is 0.182. The van der Waals surface area contributed by atoms with Gasteiger partial charge < -0.3 is 5.11 Å². The zero-order chi connectivity index (χ0) is 12.8. The minimum Gasteiger partial charge on any atom is -0.395 e. The summed E-state index contributed by atoms with van der Waals surface area (Å²) in [6.45, 7) is 4.05. The number of nitrogens with zero attached hydrogens (tertiary/aromatic N) is 4. The van der Waals surface area contributed by atoms with Gasteiger partial charge in [-0.25, -0.2) is 4.98 Å². The topological polar surface area (TPSA) is 62.1 Å². The average molecular weight is 264 g/mol. The monoisotopic (exact) mass is 264 g/mol. The van der Waals surface area contributed by atoms with Gasteiger partial charge in [0.05, 0.1) is 24.5 Å². The van der Waals surface area contributed by atoms with Crippen LogP contribution in [0.15, 0.2) is 24.0 Å². The predicted molar refractivity (Wildman–Crippen MR) is 70.1 cm³/mol. The molecule has 6 heteroatoms. The second-order valence-corrected chi connectivity index (χ2v) is 4.99. The van der Waals surface area contributed by atoms with Crippen LogP contribution in [0, 0.1) is 6.92 Å². The van der Waals surface area contributed by atoms with Gasteiger partial charge in [-0.1, -0.05) is 0 Å². The fourth-order valence-corrected chi connectivity index (χ4v) is 2.27. The van der Waals surface area contributed by atoms with Crippen LogP contribution in [0.3, 0.4) is 0 Å². The molecule has 0 aliphatic carbocycles. The number of aromatic nitrogens is 3. The second-order valence-electron chi connectivity index (χ2n) is 4.01. The Balaban J connectivity index is 1.99. The molecule has 0 radical (unpaired) electrons. The smallest absolute Gasteiger partial charge is 0.107 e. The van der Waals surface area contributed by atoms with Crippen LogP contribution in [0.2, 0.25) is 0 Å². The largest absolute Gasteiger partial charge is 0.395 e. The molecule has 0 atom stereocenters. The first-order valence-electron chi connectivity index (χ1n) is 5.77. The number of hydrogen-bond acceptors (Lipinski definition) is 6. The molecule has 0 aliphatic heterocycles. The van der Waals surface area contributed by atoms with Crippen LogP contribution in [-0.4, -0.2) is 38.1 Å². The van der Waals surface area contributed by atoms with Gasteiger partial charge in [-0.05, 0) is 6.92 Å². The molecule has 96 valence electrons. The third kappa shape index (κ3) is 3.83. The van der Waals surface area contributed by atoms with E-state index in [4.69, 9.17) is 5.11 Å². The van der Waals surface area contributed by atoms with E-state index in [0.29, 0.717) is 13.1 Å². The Bertz CT molecular complexity index is 457. The van der Waals surface area contributed by atoms with E-state index in [2.05, 4.69) is 19.9 Å². The molecule has 2 aromatic heterocycles. The van der Waals surface area contributed by atoms with Gasteiger partial charge in [0.1, 0.15) is 5.01 Å². The van der Waals surface area contributed by atoms with E-state index in [-0.39, 0.29) is 6.61 Å². The fraction of sp³-hybridized carbons (Fsp3) is 0.417. The third-order valence-electron chi connectivity index (χ3n) is 2.48. The Kier molecular flexibility index (Phi) is 4.74. The molecule has 0 saturated heterocycles. The van der Waals surface area contributed by atoms with E-state index in [1.54, 1.807) is 29.9 Å². The summed E-state index contributed by atoms with van der Waals surface area (Å²) in [6, 6.07) is 0. The van der Waals surface area contributed by atoms with Gasteiger partial charge in [-0.15, -0.1) is 11.3 Å². The van der Waals surface area contributed by atoms with Gasteiger partial charge in [0.15, 0.2) is 0 Å². The van der Waals surface area contributed by atoms with Crippen molar-refractivity contribution >= 4 is 11.3 Å². The number of hydrogen-bond donors (Lipinski definition) is 1. The molecule has 0 fully saturated rings. The summed E-state index contributed by atoms with van der Waals surface area (Å²) in [5.74, 6) is 0. The van der Waals surface area contributed by atoms with Crippen molar-refractivity contribution in [2.75, 3.05) is 13.2 Å². The fourth-order valence-electron chi connectivity index (χ4n) is 1.61. The Hall–Kier alpha value is -1.37. The number of aliphatic hydroxyl groups is 1. The molecule has 5 nitrogen and oxygen atoms in total. The minimum atomic E-state index is 0.130. The van der Waals surface area contributed by atoms with Crippen LogP contribution < -0.4 is 0 Å². The molecular formula is C12H16N4OS. The molecule has 0 aliphatic rings. The predicted octanol–water partition coefficient (Wildman–Crippen LogP) is 1.24. The van der Waals surface area contributed by atoms with Crippen molar-refractivity contribution in [1.82, 2.24) is 19.9 Å².